The van der Waals surface area contributed by atoms with Gasteiger partial charge < -0.3 is 47.0 Å². The van der Waals surface area contributed by atoms with E-state index in [1.54, 1.807) is 12.1 Å². The van der Waals surface area contributed by atoms with Gasteiger partial charge in [-0.15, -0.1) is 15.3 Å². The summed E-state index contributed by atoms with van der Waals surface area (Å²) in [6, 6.07) is 20.8. The number of benzene rings is 6. The summed E-state index contributed by atoms with van der Waals surface area (Å²) >= 11 is 0. The molecule has 0 aliphatic carbocycles. The van der Waals surface area contributed by atoms with Crippen LogP contribution in [0.4, 0.5) is 68.2 Å². The number of rotatable bonds is 11. The Hall–Kier alpha value is -4.09. The van der Waals surface area contributed by atoms with Crippen LogP contribution < -0.4 is 117 Å². The third kappa shape index (κ3) is 12.3. The zero-order valence-corrected chi connectivity index (χ0v) is 40.5. The number of nitrogens with one attached hydrogen (secondary N) is 1. The standard InChI is InChI=1S/C34H29N11O10S3.3Na/c35-18-1-4-21(5-2-18)41-45-33-29(58(53,54)55)14-17-13-28(57(50,51)52)32(31(38)30(17)34(33)46)44-42-23-10-12-26(27(16-23)56(47,48)49)39-20-6-8-22(9-7-20)40-43-25-11-3-19(36)15-24(25)37;;;/h1-16,39,46H,35-38H2,(H,47,48,49)(H,50,51,52)(H,53,54,55);;;/q;3*+1/p-3. The topological polar surface area (TPSA) is 382 Å². The van der Waals surface area contributed by atoms with E-state index in [4.69, 9.17) is 22.9 Å². The number of nitrogen functional groups attached to an aromatic ring is 4. The fourth-order valence-corrected chi connectivity index (χ4v) is 7.23. The van der Waals surface area contributed by atoms with Crippen molar-refractivity contribution in [2.75, 3.05) is 28.3 Å². The monoisotopic (exact) mass is 913 g/mol. The van der Waals surface area contributed by atoms with Crippen molar-refractivity contribution < 1.29 is 133 Å². The summed E-state index contributed by atoms with van der Waals surface area (Å²) < 4.78 is 111. The molecular formula is C34H26N11Na3O10S3. The number of nitrogens with two attached hydrogens (primary N) is 4. The second-order valence-corrected chi connectivity index (χ2v) is 16.1. The minimum atomic E-state index is -5.49. The second kappa shape index (κ2) is 20.4. The maximum Gasteiger partial charge on any atom is 1.00 e. The molecule has 0 atom stereocenters. The van der Waals surface area contributed by atoms with Crippen LogP contribution in [0.25, 0.3) is 10.8 Å². The van der Waals surface area contributed by atoms with Crippen LogP contribution in [0, 0.1) is 0 Å². The number of phenolic OH excluding ortho intramolecular Hbond substituents is 1. The van der Waals surface area contributed by atoms with Crippen molar-refractivity contribution in [1.82, 2.24) is 0 Å². The third-order valence-electron chi connectivity index (χ3n) is 7.98. The van der Waals surface area contributed by atoms with E-state index < -0.39 is 78.6 Å². The first-order valence-electron chi connectivity index (χ1n) is 16.0. The normalized spacial score (nSPS) is 12.0. The Kier molecular flexibility index (Phi) is 17.1. The molecule has 0 bridgehead atoms. The molecule has 0 unspecified atom stereocenters. The molecule has 0 aliphatic heterocycles. The van der Waals surface area contributed by atoms with Gasteiger partial charge in [-0.25, -0.2) is 25.3 Å². The van der Waals surface area contributed by atoms with Gasteiger partial charge in [0, 0.05) is 17.1 Å². The van der Waals surface area contributed by atoms with E-state index in [0.717, 1.165) is 12.1 Å². The van der Waals surface area contributed by atoms with E-state index in [1.165, 1.54) is 60.7 Å². The number of nitrogens with zero attached hydrogens (tertiary/aromatic N) is 6. The van der Waals surface area contributed by atoms with E-state index in [9.17, 15) is 44.0 Å². The summed E-state index contributed by atoms with van der Waals surface area (Å²) in [5, 5.41) is 36.2. The van der Waals surface area contributed by atoms with Crippen molar-refractivity contribution in [3.05, 3.63) is 97.1 Å². The molecule has 0 saturated carbocycles. The molecule has 27 heteroatoms. The molecule has 6 rings (SSSR count). The minimum Gasteiger partial charge on any atom is -0.744 e. The Morgan fingerprint density at radius 2 is 0.984 bits per heavy atom. The van der Waals surface area contributed by atoms with Gasteiger partial charge in [-0.1, -0.05) is 0 Å². The smallest absolute Gasteiger partial charge is 0.744 e. The number of phenols is 1. The Morgan fingerprint density at radius 3 is 1.54 bits per heavy atom. The summed E-state index contributed by atoms with van der Waals surface area (Å²) in [7, 11) is -16.1. The number of aromatic hydroxyl groups is 1. The van der Waals surface area contributed by atoms with E-state index >= 15 is 0 Å². The van der Waals surface area contributed by atoms with Crippen molar-refractivity contribution in [3.63, 3.8) is 0 Å². The molecule has 61 heavy (non-hydrogen) atoms. The molecule has 6 aromatic rings. The molecule has 21 nitrogen and oxygen atoms in total. The van der Waals surface area contributed by atoms with Crippen LogP contribution in [0.1, 0.15) is 0 Å². The first-order chi connectivity index (χ1) is 27.2. The maximum atomic E-state index is 12.4. The van der Waals surface area contributed by atoms with Crippen LogP contribution in [0.2, 0.25) is 0 Å². The first kappa shape index (κ1) is 51.3. The molecular weight excluding hydrogens is 888 g/mol. The summed E-state index contributed by atoms with van der Waals surface area (Å²) in [5.74, 6) is -1.06. The first-order valence-corrected chi connectivity index (χ1v) is 20.2. The molecule has 0 aliphatic rings. The van der Waals surface area contributed by atoms with Crippen molar-refractivity contribution in [3.8, 4) is 5.75 Å². The Balaban J connectivity index is 0.00000331. The summed E-state index contributed by atoms with van der Waals surface area (Å²) in [4.78, 5) is -3.11. The van der Waals surface area contributed by atoms with E-state index in [1.807, 2.05) is 0 Å². The predicted octanol–water partition coefficient (Wildman–Crippen LogP) is -2.41. The number of fused-ring (bicyclic) bond motifs is 1. The maximum absolute atomic E-state index is 12.4. The Morgan fingerprint density at radius 1 is 0.508 bits per heavy atom. The van der Waals surface area contributed by atoms with Gasteiger partial charge in [-0.3, -0.25) is 0 Å². The average molecular weight is 914 g/mol. The molecule has 0 saturated heterocycles. The minimum absolute atomic E-state index is 0. The largest absolute Gasteiger partial charge is 1.00 e. The van der Waals surface area contributed by atoms with Gasteiger partial charge in [0.05, 0.1) is 54.2 Å². The SMILES string of the molecule is Nc1ccc(N=Nc2c(S(=O)(=O)[O-])cc3cc(S(=O)(=O)[O-])c(N=Nc4ccc(Nc5ccc(N=Nc6ccc(N)cc6N)cc5)c(S(=O)(=O)[O-])c4)c(N)c3c2O)cc1.[Na+].[Na+].[Na+]. The molecule has 0 radical (unpaired) electrons. The van der Waals surface area contributed by atoms with Crippen LogP contribution in [-0.4, -0.2) is 44.0 Å². The van der Waals surface area contributed by atoms with Crippen molar-refractivity contribution in [2.24, 2.45) is 30.7 Å². The molecule has 0 spiro atoms. The summed E-state index contributed by atoms with van der Waals surface area (Å²) in [5.41, 5.74) is 22.7. The van der Waals surface area contributed by atoms with Gasteiger partial charge >= 0.3 is 88.7 Å². The van der Waals surface area contributed by atoms with Crippen molar-refractivity contribution >= 4 is 109 Å². The zero-order valence-electron chi connectivity index (χ0n) is 32.1. The van der Waals surface area contributed by atoms with E-state index in [-0.39, 0.29) is 106 Å². The van der Waals surface area contributed by atoms with E-state index in [2.05, 4.69) is 36.0 Å². The number of azo groups is 3. The van der Waals surface area contributed by atoms with Crippen molar-refractivity contribution in [1.29, 1.82) is 0 Å². The fourth-order valence-electron chi connectivity index (χ4n) is 5.27. The molecule has 0 aromatic heterocycles. The van der Waals surface area contributed by atoms with Crippen molar-refractivity contribution in [2.45, 2.75) is 14.7 Å². The van der Waals surface area contributed by atoms with Crippen LogP contribution in [0.3, 0.4) is 0 Å². The molecule has 0 amide bonds. The quantitative estimate of drug-likeness (QED) is 0.0341. The van der Waals surface area contributed by atoms with Crippen LogP contribution in [-0.2, 0) is 30.4 Å². The van der Waals surface area contributed by atoms with Crippen LogP contribution in [0.15, 0.2) is 142 Å². The number of hydrogen-bond donors (Lipinski definition) is 6. The average Bonchev–Trinajstić information content (AvgIpc) is 3.14. The third-order valence-corrected chi connectivity index (χ3v) is 10.6. The van der Waals surface area contributed by atoms with Gasteiger partial charge in [0.1, 0.15) is 47.4 Å². The molecule has 298 valence electrons. The van der Waals surface area contributed by atoms with Crippen LogP contribution >= 0.6 is 0 Å². The van der Waals surface area contributed by atoms with Gasteiger partial charge in [-0.2, -0.15) is 15.3 Å². The molecule has 10 N–H and O–H groups in total. The van der Waals surface area contributed by atoms with Gasteiger partial charge in [0.2, 0.25) is 0 Å². The number of anilines is 6. The fraction of sp³-hybridized carbons (Fsp3) is 0. The summed E-state index contributed by atoms with van der Waals surface area (Å²) in [6.07, 6.45) is 0. The van der Waals surface area contributed by atoms with Gasteiger partial charge in [0.25, 0.3) is 0 Å². The zero-order chi connectivity index (χ0) is 42.2. The summed E-state index contributed by atoms with van der Waals surface area (Å²) in [6.45, 7) is 0. The van der Waals surface area contributed by atoms with Gasteiger partial charge in [0.15, 0.2) is 5.75 Å². The number of hydrogen-bond acceptors (Lipinski definition) is 21. The van der Waals surface area contributed by atoms with Crippen LogP contribution in [0.5, 0.6) is 5.75 Å². The molecule has 0 heterocycles. The molecule has 0 fully saturated rings. The van der Waals surface area contributed by atoms with E-state index in [0.29, 0.717) is 46.3 Å². The van der Waals surface area contributed by atoms with Gasteiger partial charge in [-0.05, 0) is 102 Å². The Labute approximate surface area is 414 Å². The predicted molar refractivity (Wildman–Crippen MR) is 209 cm³/mol. The Bertz CT molecular complexity index is 3070. The second-order valence-electron chi connectivity index (χ2n) is 12.0. The molecule has 6 aromatic carbocycles.